The summed E-state index contributed by atoms with van der Waals surface area (Å²) in [6.45, 7) is 11.3. The molecule has 1 aliphatic rings. The van der Waals surface area contributed by atoms with Crippen molar-refractivity contribution in [3.63, 3.8) is 0 Å². The van der Waals surface area contributed by atoms with Gasteiger partial charge >= 0.3 is 0 Å². The van der Waals surface area contributed by atoms with Crippen molar-refractivity contribution in [2.45, 2.75) is 70.2 Å². The molecule has 1 fully saturated rings. The highest BCUT2D eigenvalue weighted by atomic mass is 35.5. The molecule has 0 bridgehead atoms. The van der Waals surface area contributed by atoms with Crippen molar-refractivity contribution in [1.82, 2.24) is 4.98 Å². The van der Waals surface area contributed by atoms with Crippen LogP contribution in [-0.2, 0) is 9.22 Å². The molecule has 0 aliphatic heterocycles. The molecule has 0 saturated heterocycles. The summed E-state index contributed by atoms with van der Waals surface area (Å²) >= 11 is 5.89. The fourth-order valence-corrected chi connectivity index (χ4v) is 4.08. The van der Waals surface area contributed by atoms with Gasteiger partial charge in [0.05, 0.1) is 16.6 Å². The first kappa shape index (κ1) is 17.6. The zero-order valence-corrected chi connectivity index (χ0v) is 15.9. The van der Waals surface area contributed by atoms with Crippen LogP contribution in [0.5, 0.6) is 0 Å². The molecule has 1 aliphatic carbocycles. The summed E-state index contributed by atoms with van der Waals surface area (Å²) in [5.74, 6) is 0.116. The molecule has 0 aromatic carbocycles. The number of carbonyl (C=O) groups is 1. The van der Waals surface area contributed by atoms with Crippen LogP contribution in [0.2, 0.25) is 23.2 Å². The lowest BCUT2D eigenvalue weighted by molar-refractivity contribution is -0.123. The maximum absolute atomic E-state index is 12.3. The van der Waals surface area contributed by atoms with Crippen LogP contribution in [0.15, 0.2) is 18.3 Å². The van der Waals surface area contributed by atoms with Crippen molar-refractivity contribution in [2.75, 3.05) is 0 Å². The van der Waals surface area contributed by atoms with Gasteiger partial charge in [-0.3, -0.25) is 9.78 Å². The predicted octanol–water partition coefficient (Wildman–Crippen LogP) is 4.96. The second kappa shape index (κ2) is 6.42. The highest BCUT2D eigenvalue weighted by Crippen LogP contribution is 2.40. The minimum absolute atomic E-state index is 0.152. The molecule has 0 spiro atoms. The van der Waals surface area contributed by atoms with Crippen molar-refractivity contribution in [1.29, 1.82) is 0 Å². The molecule has 1 aromatic heterocycles. The third-order valence-corrected chi connectivity index (χ3v) is 9.73. The molecular weight excluding hydrogens is 314 g/mol. The lowest BCUT2D eigenvalue weighted by atomic mass is 9.84. The van der Waals surface area contributed by atoms with Crippen molar-refractivity contribution in [3.8, 4) is 0 Å². The Morgan fingerprint density at radius 3 is 2.55 bits per heavy atom. The SMILES string of the molecule is CC(C)(C)[Si](C)(C)OC1CCC(=O)C(c2ccc(Cl)cn2)C1. The molecule has 1 aromatic rings. The van der Waals surface area contributed by atoms with E-state index in [1.807, 2.05) is 6.07 Å². The average Bonchev–Trinajstić information content (AvgIpc) is 2.40. The van der Waals surface area contributed by atoms with E-state index < -0.39 is 8.32 Å². The molecule has 122 valence electrons. The molecule has 2 atom stereocenters. The quantitative estimate of drug-likeness (QED) is 0.730. The number of halogens is 1. The van der Waals surface area contributed by atoms with Crippen molar-refractivity contribution < 1.29 is 9.22 Å². The van der Waals surface area contributed by atoms with Gasteiger partial charge in [-0.1, -0.05) is 32.4 Å². The summed E-state index contributed by atoms with van der Waals surface area (Å²) in [7, 11) is -1.81. The molecule has 1 heterocycles. The summed E-state index contributed by atoms with van der Waals surface area (Å²) in [5.41, 5.74) is 0.818. The van der Waals surface area contributed by atoms with Crippen LogP contribution in [0.1, 0.15) is 51.6 Å². The van der Waals surface area contributed by atoms with Gasteiger partial charge in [0.15, 0.2) is 8.32 Å². The first-order chi connectivity index (χ1) is 10.1. The highest BCUT2D eigenvalue weighted by Gasteiger charge is 2.41. The Balaban J connectivity index is 2.11. The van der Waals surface area contributed by atoms with Crippen LogP contribution in [0.25, 0.3) is 0 Å². The Hall–Kier alpha value is -0.713. The standard InChI is InChI=1S/C17H26ClNO2Si/c1-17(2,3)22(4,5)21-13-7-9-16(20)14(10-13)15-8-6-12(18)11-19-15/h6,8,11,13-14H,7,9-10H2,1-5H3. The van der Waals surface area contributed by atoms with Crippen LogP contribution in [0, 0.1) is 0 Å². The van der Waals surface area contributed by atoms with E-state index in [1.54, 1.807) is 12.3 Å². The molecule has 0 N–H and O–H groups in total. The minimum atomic E-state index is -1.81. The molecular formula is C17H26ClNO2Si. The van der Waals surface area contributed by atoms with Gasteiger partial charge < -0.3 is 4.43 Å². The summed E-state index contributed by atoms with van der Waals surface area (Å²) in [5, 5.41) is 0.781. The molecule has 0 amide bonds. The normalized spacial score (nSPS) is 23.6. The van der Waals surface area contributed by atoms with E-state index in [1.165, 1.54) is 0 Å². The lowest BCUT2D eigenvalue weighted by Gasteiger charge is -2.41. The van der Waals surface area contributed by atoms with Gasteiger partial charge in [0.2, 0.25) is 0 Å². The Bertz CT molecular complexity index is 537. The van der Waals surface area contributed by atoms with E-state index in [0.717, 1.165) is 18.5 Å². The van der Waals surface area contributed by atoms with E-state index in [-0.39, 0.29) is 22.8 Å². The predicted molar refractivity (Wildman–Crippen MR) is 92.9 cm³/mol. The van der Waals surface area contributed by atoms with Gasteiger partial charge in [-0.15, -0.1) is 0 Å². The zero-order valence-electron chi connectivity index (χ0n) is 14.1. The van der Waals surface area contributed by atoms with Gasteiger partial charge in [0.1, 0.15) is 5.78 Å². The third-order valence-electron chi connectivity index (χ3n) is 4.97. The Labute approximate surface area is 139 Å². The summed E-state index contributed by atoms with van der Waals surface area (Å²) in [4.78, 5) is 16.6. The summed E-state index contributed by atoms with van der Waals surface area (Å²) < 4.78 is 6.50. The Morgan fingerprint density at radius 1 is 1.32 bits per heavy atom. The highest BCUT2D eigenvalue weighted by molar-refractivity contribution is 6.74. The molecule has 5 heteroatoms. The summed E-state index contributed by atoms with van der Waals surface area (Å²) in [6, 6.07) is 3.66. The molecule has 1 saturated carbocycles. The second-order valence-electron chi connectivity index (χ2n) is 7.69. The van der Waals surface area contributed by atoms with Gasteiger partial charge in [0, 0.05) is 18.7 Å². The first-order valence-electron chi connectivity index (χ1n) is 7.92. The monoisotopic (exact) mass is 339 g/mol. The largest absolute Gasteiger partial charge is 0.414 e. The van der Waals surface area contributed by atoms with E-state index in [0.29, 0.717) is 11.4 Å². The number of hydrogen-bond acceptors (Lipinski definition) is 3. The Morgan fingerprint density at radius 2 is 2.00 bits per heavy atom. The van der Waals surface area contributed by atoms with Crippen molar-refractivity contribution in [3.05, 3.63) is 29.0 Å². The van der Waals surface area contributed by atoms with Crippen LogP contribution in [0.4, 0.5) is 0 Å². The van der Waals surface area contributed by atoms with Crippen molar-refractivity contribution >= 4 is 25.7 Å². The van der Waals surface area contributed by atoms with Crippen LogP contribution in [0.3, 0.4) is 0 Å². The Kier molecular flexibility index (Phi) is 5.15. The van der Waals surface area contributed by atoms with E-state index in [2.05, 4.69) is 38.8 Å². The maximum atomic E-state index is 12.3. The number of hydrogen-bond donors (Lipinski definition) is 0. The number of rotatable bonds is 3. The smallest absolute Gasteiger partial charge is 0.192 e. The van der Waals surface area contributed by atoms with Crippen LogP contribution in [-0.4, -0.2) is 25.2 Å². The topological polar surface area (TPSA) is 39.2 Å². The number of ketones is 1. The molecule has 3 nitrogen and oxygen atoms in total. The van der Waals surface area contributed by atoms with Crippen LogP contribution < -0.4 is 0 Å². The van der Waals surface area contributed by atoms with E-state index in [9.17, 15) is 4.79 Å². The van der Waals surface area contributed by atoms with E-state index in [4.69, 9.17) is 16.0 Å². The van der Waals surface area contributed by atoms with Gasteiger partial charge in [-0.25, -0.2) is 0 Å². The summed E-state index contributed by atoms with van der Waals surface area (Å²) in [6.07, 6.45) is 3.91. The maximum Gasteiger partial charge on any atom is 0.192 e. The third kappa shape index (κ3) is 3.97. The first-order valence-corrected chi connectivity index (χ1v) is 11.2. The van der Waals surface area contributed by atoms with Crippen LogP contribution >= 0.6 is 11.6 Å². The average molecular weight is 340 g/mol. The number of carbonyl (C=O) groups excluding carboxylic acids is 1. The van der Waals surface area contributed by atoms with Gasteiger partial charge in [0.25, 0.3) is 0 Å². The minimum Gasteiger partial charge on any atom is -0.414 e. The molecule has 2 rings (SSSR count). The number of nitrogens with zero attached hydrogens (tertiary/aromatic N) is 1. The number of Topliss-reactive ketones (excluding diaryl/α,β-unsaturated/α-hetero) is 1. The fraction of sp³-hybridized carbons (Fsp3) is 0.647. The number of pyridine rings is 1. The molecule has 22 heavy (non-hydrogen) atoms. The fourth-order valence-electron chi connectivity index (χ4n) is 2.57. The lowest BCUT2D eigenvalue weighted by Crippen LogP contribution is -2.45. The molecule has 2 unspecified atom stereocenters. The van der Waals surface area contributed by atoms with Gasteiger partial charge in [-0.05, 0) is 43.1 Å². The van der Waals surface area contributed by atoms with E-state index >= 15 is 0 Å². The van der Waals surface area contributed by atoms with Gasteiger partial charge in [-0.2, -0.15) is 0 Å². The second-order valence-corrected chi connectivity index (χ2v) is 12.9. The zero-order chi connectivity index (χ0) is 16.5. The number of aromatic nitrogens is 1. The van der Waals surface area contributed by atoms with Crippen molar-refractivity contribution in [2.24, 2.45) is 0 Å². The molecule has 0 radical (unpaired) electrons.